The van der Waals surface area contributed by atoms with E-state index in [2.05, 4.69) is 5.10 Å². The molecule has 34 heavy (non-hydrogen) atoms. The summed E-state index contributed by atoms with van der Waals surface area (Å²) in [5.74, 6) is 0.128. The normalized spacial score (nSPS) is 15.9. The Morgan fingerprint density at radius 2 is 1.79 bits per heavy atom. The van der Waals surface area contributed by atoms with Gasteiger partial charge in [0.05, 0.1) is 19.3 Å². The molecule has 0 saturated carbocycles. The number of methoxy groups -OCH3 is 1. The third-order valence-electron chi connectivity index (χ3n) is 6.35. The third kappa shape index (κ3) is 4.21. The number of benzene rings is 2. The summed E-state index contributed by atoms with van der Waals surface area (Å²) >= 11 is 0. The average Bonchev–Trinajstić information content (AvgIpc) is 3.31. The highest BCUT2D eigenvalue weighted by molar-refractivity contribution is 5.98. The zero-order chi connectivity index (χ0) is 23.7. The van der Waals surface area contributed by atoms with Crippen LogP contribution in [0.5, 0.6) is 5.75 Å². The minimum Gasteiger partial charge on any atom is -0.497 e. The van der Waals surface area contributed by atoms with Crippen LogP contribution in [0.25, 0.3) is 0 Å². The van der Waals surface area contributed by atoms with E-state index >= 15 is 0 Å². The zero-order valence-corrected chi connectivity index (χ0v) is 19.0. The molecule has 0 aliphatic carbocycles. The van der Waals surface area contributed by atoms with Crippen LogP contribution in [0.15, 0.2) is 54.6 Å². The molecular formula is C25H26FN5O3. The van der Waals surface area contributed by atoms with Crippen LogP contribution in [0.4, 0.5) is 10.1 Å². The first kappa shape index (κ1) is 21.9. The van der Waals surface area contributed by atoms with Crippen LogP contribution >= 0.6 is 0 Å². The van der Waals surface area contributed by atoms with Gasteiger partial charge in [0, 0.05) is 45.3 Å². The summed E-state index contributed by atoms with van der Waals surface area (Å²) < 4.78 is 21.0. The number of anilines is 1. The summed E-state index contributed by atoms with van der Waals surface area (Å²) in [6.07, 6.45) is 0. The van der Waals surface area contributed by atoms with Gasteiger partial charge in [-0.1, -0.05) is 24.3 Å². The summed E-state index contributed by atoms with van der Waals surface area (Å²) in [7, 11) is 1.61. The van der Waals surface area contributed by atoms with Crippen molar-refractivity contribution in [3.8, 4) is 5.75 Å². The molecule has 176 valence electrons. The molecule has 0 spiro atoms. The molecule has 0 radical (unpaired) electrons. The Kier molecular flexibility index (Phi) is 5.91. The molecule has 2 aliphatic heterocycles. The number of aromatic nitrogens is 2. The number of rotatable bonds is 5. The lowest BCUT2D eigenvalue weighted by atomic mass is 10.1. The fourth-order valence-electron chi connectivity index (χ4n) is 4.51. The van der Waals surface area contributed by atoms with Gasteiger partial charge in [-0.25, -0.2) is 4.39 Å². The van der Waals surface area contributed by atoms with Crippen LogP contribution < -0.4 is 9.64 Å². The number of fused-ring (bicyclic) bond motifs is 1. The quantitative estimate of drug-likeness (QED) is 0.582. The van der Waals surface area contributed by atoms with E-state index in [1.807, 2.05) is 29.2 Å². The van der Waals surface area contributed by atoms with Gasteiger partial charge in [0.15, 0.2) is 5.69 Å². The Bertz CT molecular complexity index is 1220. The largest absolute Gasteiger partial charge is 0.497 e. The maximum absolute atomic E-state index is 14.1. The minimum absolute atomic E-state index is 0.148. The van der Waals surface area contributed by atoms with Crippen molar-refractivity contribution in [3.63, 3.8) is 0 Å². The second-order valence-corrected chi connectivity index (χ2v) is 8.45. The van der Waals surface area contributed by atoms with Crippen molar-refractivity contribution in [2.45, 2.75) is 13.1 Å². The zero-order valence-electron chi connectivity index (χ0n) is 19.0. The number of nitrogens with zero attached hydrogens (tertiary/aromatic N) is 5. The van der Waals surface area contributed by atoms with Crippen molar-refractivity contribution in [1.82, 2.24) is 19.6 Å². The highest BCUT2D eigenvalue weighted by Crippen LogP contribution is 2.22. The van der Waals surface area contributed by atoms with Crippen molar-refractivity contribution in [3.05, 3.63) is 77.4 Å². The van der Waals surface area contributed by atoms with Gasteiger partial charge in [-0.2, -0.15) is 5.10 Å². The first-order chi connectivity index (χ1) is 16.5. The number of halogens is 1. The summed E-state index contributed by atoms with van der Waals surface area (Å²) in [4.78, 5) is 31.6. The first-order valence-electron chi connectivity index (χ1n) is 11.3. The average molecular weight is 464 g/mol. The van der Waals surface area contributed by atoms with Crippen LogP contribution in [-0.2, 0) is 13.1 Å². The van der Waals surface area contributed by atoms with Crippen molar-refractivity contribution in [1.29, 1.82) is 0 Å². The molecule has 5 rings (SSSR count). The first-order valence-corrected chi connectivity index (χ1v) is 11.3. The van der Waals surface area contributed by atoms with Crippen molar-refractivity contribution in [2.75, 3.05) is 44.7 Å². The van der Waals surface area contributed by atoms with E-state index in [1.54, 1.807) is 45.9 Å². The molecule has 0 atom stereocenters. The monoisotopic (exact) mass is 463 g/mol. The van der Waals surface area contributed by atoms with E-state index in [4.69, 9.17) is 4.74 Å². The summed E-state index contributed by atoms with van der Waals surface area (Å²) in [5.41, 5.74) is 2.21. The maximum atomic E-state index is 14.1. The van der Waals surface area contributed by atoms with Gasteiger partial charge in [-0.15, -0.1) is 0 Å². The molecule has 1 aromatic heterocycles. The number of para-hydroxylation sites is 1. The molecule has 8 nitrogen and oxygen atoms in total. The topological polar surface area (TPSA) is 70.9 Å². The number of hydrogen-bond acceptors (Lipinski definition) is 5. The summed E-state index contributed by atoms with van der Waals surface area (Å²) in [6, 6.07) is 15.9. The van der Waals surface area contributed by atoms with Gasteiger partial charge >= 0.3 is 0 Å². The van der Waals surface area contributed by atoms with Gasteiger partial charge in [-0.3, -0.25) is 14.3 Å². The van der Waals surface area contributed by atoms with Crippen molar-refractivity contribution >= 4 is 17.5 Å². The van der Waals surface area contributed by atoms with Crippen molar-refractivity contribution < 1.29 is 18.7 Å². The molecule has 9 heteroatoms. The van der Waals surface area contributed by atoms with Crippen LogP contribution in [0.2, 0.25) is 0 Å². The number of hydrogen-bond donors (Lipinski definition) is 0. The Morgan fingerprint density at radius 3 is 2.56 bits per heavy atom. The van der Waals surface area contributed by atoms with E-state index in [0.717, 1.165) is 11.3 Å². The molecule has 0 unspecified atom stereocenters. The van der Waals surface area contributed by atoms with Gasteiger partial charge in [0.25, 0.3) is 11.8 Å². The molecule has 0 bridgehead atoms. The Morgan fingerprint density at radius 1 is 1.00 bits per heavy atom. The third-order valence-corrected chi connectivity index (χ3v) is 6.35. The Hall–Kier alpha value is -3.88. The molecular weight excluding hydrogens is 437 g/mol. The van der Waals surface area contributed by atoms with E-state index < -0.39 is 0 Å². The van der Waals surface area contributed by atoms with E-state index in [1.165, 1.54) is 6.07 Å². The van der Waals surface area contributed by atoms with Crippen molar-refractivity contribution in [2.24, 2.45) is 0 Å². The fraction of sp³-hybridized carbons (Fsp3) is 0.320. The lowest BCUT2D eigenvalue weighted by molar-refractivity contribution is 0.0680. The lowest BCUT2D eigenvalue weighted by Gasteiger charge is -2.35. The van der Waals surface area contributed by atoms with Gasteiger partial charge < -0.3 is 19.4 Å². The molecule has 2 aliphatic rings. The summed E-state index contributed by atoms with van der Waals surface area (Å²) in [5, 5.41) is 4.42. The second-order valence-electron chi connectivity index (χ2n) is 8.45. The molecule has 2 amide bonds. The smallest absolute Gasteiger partial charge is 0.274 e. The molecule has 0 N–H and O–H groups in total. The van der Waals surface area contributed by atoms with E-state index in [-0.39, 0.29) is 23.3 Å². The number of amides is 2. The van der Waals surface area contributed by atoms with Crippen LogP contribution in [0.1, 0.15) is 26.5 Å². The second kappa shape index (κ2) is 9.17. The summed E-state index contributed by atoms with van der Waals surface area (Å²) in [6.45, 7) is 3.50. The molecule has 1 saturated heterocycles. The van der Waals surface area contributed by atoms with Gasteiger partial charge in [0.2, 0.25) is 0 Å². The standard InChI is InChI=1S/C25H26FN5O3/c1-34-19-6-4-5-18(15-19)17-30-13-14-31-23(25(30)33)16-21(27-31)24(32)29-11-9-28(10-12-29)22-8-3-2-7-20(22)26/h2-8,15-16H,9-14,17H2,1H3. The molecule has 3 aromatic rings. The van der Waals surface area contributed by atoms with Gasteiger partial charge in [-0.05, 0) is 29.8 Å². The van der Waals surface area contributed by atoms with Gasteiger partial charge in [0.1, 0.15) is 17.3 Å². The van der Waals surface area contributed by atoms with E-state index in [0.29, 0.717) is 57.2 Å². The van der Waals surface area contributed by atoms with E-state index in [9.17, 15) is 14.0 Å². The highest BCUT2D eigenvalue weighted by Gasteiger charge is 2.30. The number of carbonyl (C=O) groups is 2. The van der Waals surface area contributed by atoms with Crippen LogP contribution in [0, 0.1) is 5.82 Å². The lowest BCUT2D eigenvalue weighted by Crippen LogP contribution is -2.49. The maximum Gasteiger partial charge on any atom is 0.274 e. The Labute approximate surface area is 197 Å². The molecule has 2 aromatic carbocycles. The molecule has 1 fully saturated rings. The van der Waals surface area contributed by atoms with Crippen LogP contribution in [0.3, 0.4) is 0 Å². The molecule has 3 heterocycles. The number of carbonyl (C=O) groups excluding carboxylic acids is 2. The fourth-order valence-corrected chi connectivity index (χ4v) is 4.51. The minimum atomic E-state index is -0.263. The SMILES string of the molecule is COc1cccc(CN2CCn3nc(C(=O)N4CCN(c5ccccc5F)CC4)cc3C2=O)c1. The van der Waals surface area contributed by atoms with Crippen LogP contribution in [-0.4, -0.2) is 71.2 Å². The Balaban J connectivity index is 1.25. The predicted octanol–water partition coefficient (Wildman–Crippen LogP) is 2.65. The number of piperazine rings is 1. The highest BCUT2D eigenvalue weighted by atomic mass is 19.1. The number of ether oxygens (including phenoxy) is 1. The predicted molar refractivity (Wildman–Crippen MR) is 124 cm³/mol.